The smallest absolute Gasteiger partial charge is 0.366 e. The highest BCUT2D eigenvalue weighted by Crippen LogP contribution is 2.47. The van der Waals surface area contributed by atoms with Crippen LogP contribution in [0.2, 0.25) is 15.1 Å². The lowest BCUT2D eigenvalue weighted by atomic mass is 9.88. The summed E-state index contributed by atoms with van der Waals surface area (Å²) in [6.45, 7) is 0.997. The number of halogens is 10. The summed E-state index contributed by atoms with van der Waals surface area (Å²) >= 11 is 17.4. The van der Waals surface area contributed by atoms with Crippen LogP contribution in [0.5, 0.6) is 0 Å². The molecule has 214 valence electrons. The topological polar surface area (TPSA) is 96.0 Å². The van der Waals surface area contributed by atoms with Crippen molar-refractivity contribution in [1.82, 2.24) is 5.32 Å². The van der Waals surface area contributed by atoms with E-state index in [1.165, 1.54) is 0 Å². The van der Waals surface area contributed by atoms with E-state index in [2.05, 4.69) is 5.32 Å². The molecule has 1 unspecified atom stereocenters. The van der Waals surface area contributed by atoms with Crippen molar-refractivity contribution in [1.29, 1.82) is 5.26 Å². The molecule has 1 aliphatic carbocycles. The normalized spacial score (nSPS) is 16.6. The largest absolute Gasteiger partial charge is 0.417 e. The molecule has 1 aliphatic rings. The van der Waals surface area contributed by atoms with Crippen LogP contribution < -0.4 is 11.1 Å². The van der Waals surface area contributed by atoms with E-state index in [4.69, 9.17) is 40.5 Å². The molecule has 2 amide bonds. The number of allylic oxidation sites excluding steroid dienone is 1. The summed E-state index contributed by atoms with van der Waals surface area (Å²) < 4.78 is 100. The molecule has 0 radical (unpaired) electrons. The number of carbonyl (C=O) groups excluding carboxylic acids is 2. The predicted octanol–water partition coefficient (Wildman–Crippen LogP) is 7.90. The van der Waals surface area contributed by atoms with Crippen LogP contribution in [0.15, 0.2) is 30.3 Å². The van der Waals surface area contributed by atoms with E-state index in [0.29, 0.717) is 12.1 Å². The molecule has 0 heterocycles. The Bertz CT molecular complexity index is 1420. The number of hydrogen-bond donors (Lipinski definition) is 2. The third kappa shape index (κ3) is 6.32. The Morgan fingerprint density at radius 2 is 1.60 bits per heavy atom. The number of amides is 2. The van der Waals surface area contributed by atoms with Crippen molar-refractivity contribution in [2.24, 2.45) is 11.1 Å². The van der Waals surface area contributed by atoms with Gasteiger partial charge in [-0.3, -0.25) is 9.59 Å². The summed E-state index contributed by atoms with van der Waals surface area (Å²) in [5.74, 6) is -7.05. The molecular formula is C25H17Cl3F7N3O2. The number of benzene rings is 2. The molecule has 15 heteroatoms. The van der Waals surface area contributed by atoms with Crippen LogP contribution >= 0.6 is 34.8 Å². The van der Waals surface area contributed by atoms with Gasteiger partial charge < -0.3 is 11.1 Å². The first-order valence-corrected chi connectivity index (χ1v) is 12.3. The lowest BCUT2D eigenvalue weighted by Gasteiger charge is -2.25. The number of hydrogen-bond acceptors (Lipinski definition) is 3. The van der Waals surface area contributed by atoms with Gasteiger partial charge in [0.05, 0.1) is 38.3 Å². The number of nitrogens with zero attached hydrogens (tertiary/aromatic N) is 1. The van der Waals surface area contributed by atoms with Crippen molar-refractivity contribution >= 4 is 52.4 Å². The summed E-state index contributed by atoms with van der Waals surface area (Å²) in [4.78, 5) is 24.4. The van der Waals surface area contributed by atoms with Crippen molar-refractivity contribution in [2.45, 2.75) is 44.1 Å². The standard InChI is InChI=1S/C25H17Cl3F7N3O2/c1-10(38-22(40)23(9-36)4-5-23)18-12(2-3-13(21(37)39)19(18)25(33,34)35)17(29)8-14(24(30,31)32)11-6-15(26)20(28)16(27)7-11/h2-3,6-8,10,14H,4-5H2,1H3,(H2,37,39)(H,38,40)/b17-8-/t10-,14?/m0/s1. The van der Waals surface area contributed by atoms with Crippen molar-refractivity contribution < 1.29 is 40.3 Å². The molecule has 2 aromatic rings. The van der Waals surface area contributed by atoms with Crippen molar-refractivity contribution in [3.8, 4) is 6.07 Å². The van der Waals surface area contributed by atoms with Gasteiger partial charge in [0.1, 0.15) is 17.2 Å². The van der Waals surface area contributed by atoms with Crippen LogP contribution in [0.25, 0.3) is 5.83 Å². The van der Waals surface area contributed by atoms with Gasteiger partial charge in [-0.05, 0) is 55.2 Å². The summed E-state index contributed by atoms with van der Waals surface area (Å²) in [6, 6.07) is 2.72. The number of carbonyl (C=O) groups is 2. The Kier molecular flexibility index (Phi) is 8.75. The van der Waals surface area contributed by atoms with Gasteiger partial charge in [-0.15, -0.1) is 0 Å². The van der Waals surface area contributed by atoms with Crippen molar-refractivity contribution in [3.05, 3.63) is 73.2 Å². The molecule has 0 saturated heterocycles. The molecule has 0 spiro atoms. The Balaban J connectivity index is 2.27. The minimum absolute atomic E-state index is 0.00499. The van der Waals surface area contributed by atoms with E-state index in [1.807, 2.05) is 0 Å². The summed E-state index contributed by atoms with van der Waals surface area (Å²) in [5, 5.41) is 10.4. The van der Waals surface area contributed by atoms with Crippen LogP contribution in [-0.2, 0) is 11.0 Å². The Morgan fingerprint density at radius 1 is 1.07 bits per heavy atom. The van der Waals surface area contributed by atoms with E-state index < -0.39 is 75.2 Å². The maximum Gasteiger partial charge on any atom is 0.417 e. The molecular weight excluding hydrogens is 614 g/mol. The molecule has 1 saturated carbocycles. The first-order chi connectivity index (χ1) is 18.3. The lowest BCUT2D eigenvalue weighted by molar-refractivity contribution is -0.140. The monoisotopic (exact) mass is 629 g/mol. The fraction of sp³-hybridized carbons (Fsp3) is 0.320. The minimum atomic E-state index is -5.36. The fourth-order valence-electron chi connectivity index (χ4n) is 4.08. The summed E-state index contributed by atoms with van der Waals surface area (Å²) in [5.41, 5.74) is -2.00. The number of nitrogens with one attached hydrogen (secondary N) is 1. The number of rotatable bonds is 7. The van der Waals surface area contributed by atoms with Gasteiger partial charge in [-0.25, -0.2) is 4.39 Å². The van der Waals surface area contributed by atoms with Crippen LogP contribution in [0.4, 0.5) is 30.7 Å². The summed E-state index contributed by atoms with van der Waals surface area (Å²) in [6.07, 6.45) is -10.3. The van der Waals surface area contributed by atoms with E-state index in [-0.39, 0.29) is 34.0 Å². The molecule has 0 bridgehead atoms. The van der Waals surface area contributed by atoms with Crippen LogP contribution in [-0.4, -0.2) is 18.0 Å². The van der Waals surface area contributed by atoms with E-state index in [9.17, 15) is 41.2 Å². The van der Waals surface area contributed by atoms with Crippen molar-refractivity contribution in [3.63, 3.8) is 0 Å². The van der Waals surface area contributed by atoms with Gasteiger partial charge in [0, 0.05) is 5.56 Å². The van der Waals surface area contributed by atoms with Crippen LogP contribution in [0.3, 0.4) is 0 Å². The summed E-state index contributed by atoms with van der Waals surface area (Å²) in [7, 11) is 0. The Morgan fingerprint density at radius 3 is 2.02 bits per heavy atom. The maximum atomic E-state index is 15.7. The molecule has 2 atom stereocenters. The second kappa shape index (κ2) is 11.1. The third-order valence-electron chi connectivity index (χ3n) is 6.26. The molecule has 5 nitrogen and oxygen atoms in total. The molecule has 0 aliphatic heterocycles. The van der Waals surface area contributed by atoms with Crippen LogP contribution in [0, 0.1) is 16.7 Å². The Hall–Kier alpha value is -3.01. The molecule has 3 N–H and O–H groups in total. The second-order valence-electron chi connectivity index (χ2n) is 9.03. The number of alkyl halides is 6. The fourth-order valence-corrected chi connectivity index (χ4v) is 4.69. The SMILES string of the molecule is C[C@H](NC(=O)C1(C#N)CC1)c1c(/C(F)=C/C(c2cc(Cl)c(Cl)c(Cl)c2)C(F)(F)F)ccc(C(N)=O)c1C(F)(F)F. The zero-order chi connectivity index (χ0) is 30.4. The highest BCUT2D eigenvalue weighted by Gasteiger charge is 2.51. The average Bonchev–Trinajstić information content (AvgIpc) is 3.64. The third-order valence-corrected chi connectivity index (χ3v) is 7.46. The highest BCUT2D eigenvalue weighted by molar-refractivity contribution is 6.48. The van der Waals surface area contributed by atoms with Gasteiger partial charge in [0.15, 0.2) is 0 Å². The average molecular weight is 631 g/mol. The number of primary amides is 1. The van der Waals surface area contributed by atoms with Gasteiger partial charge >= 0.3 is 12.4 Å². The minimum Gasteiger partial charge on any atom is -0.366 e. The highest BCUT2D eigenvalue weighted by atomic mass is 35.5. The zero-order valence-corrected chi connectivity index (χ0v) is 22.3. The van der Waals surface area contributed by atoms with E-state index in [1.54, 1.807) is 6.07 Å². The van der Waals surface area contributed by atoms with Gasteiger partial charge in [0.2, 0.25) is 11.8 Å². The molecule has 3 rings (SSSR count). The first-order valence-electron chi connectivity index (χ1n) is 11.2. The molecule has 0 aromatic heterocycles. The first kappa shape index (κ1) is 31.5. The zero-order valence-electron chi connectivity index (χ0n) is 20.1. The lowest BCUT2D eigenvalue weighted by Crippen LogP contribution is -2.35. The Labute approximate surface area is 237 Å². The molecule has 40 heavy (non-hydrogen) atoms. The van der Waals surface area contributed by atoms with Gasteiger partial charge in [0.25, 0.3) is 0 Å². The predicted molar refractivity (Wildman–Crippen MR) is 133 cm³/mol. The number of nitrogens with two attached hydrogens (primary N) is 1. The van der Waals surface area contributed by atoms with E-state index in [0.717, 1.165) is 19.1 Å². The molecule has 2 aromatic carbocycles. The quantitative estimate of drug-likeness (QED) is 0.241. The van der Waals surface area contributed by atoms with Crippen LogP contribution in [0.1, 0.15) is 64.3 Å². The maximum absolute atomic E-state index is 15.7. The van der Waals surface area contributed by atoms with Crippen molar-refractivity contribution in [2.75, 3.05) is 0 Å². The molecule has 1 fully saturated rings. The van der Waals surface area contributed by atoms with Gasteiger partial charge in [-0.1, -0.05) is 40.9 Å². The van der Waals surface area contributed by atoms with Gasteiger partial charge in [-0.2, -0.15) is 31.6 Å². The van der Waals surface area contributed by atoms with E-state index >= 15 is 4.39 Å². The number of nitriles is 1. The second-order valence-corrected chi connectivity index (χ2v) is 10.2.